The molecule has 186 valence electrons. The molecule has 2 heterocycles. The Hall–Kier alpha value is -3.79. The molecule has 0 saturated heterocycles. The molecule has 1 aliphatic carbocycles. The van der Waals surface area contributed by atoms with Gasteiger partial charge >= 0.3 is 0 Å². The van der Waals surface area contributed by atoms with Gasteiger partial charge in [0.25, 0.3) is 0 Å². The highest BCUT2D eigenvalue weighted by Crippen LogP contribution is 2.40. The Labute approximate surface area is 208 Å². The minimum absolute atomic E-state index is 0.0762. The van der Waals surface area contributed by atoms with Crippen LogP contribution in [0.1, 0.15) is 37.7 Å². The minimum Gasteiger partial charge on any atom is -0.437 e. The Bertz CT molecular complexity index is 1540. The van der Waals surface area contributed by atoms with Crippen molar-refractivity contribution in [2.24, 2.45) is 0 Å². The molecule has 3 N–H and O–H groups in total. The summed E-state index contributed by atoms with van der Waals surface area (Å²) in [6.07, 6.45) is 7.01. The van der Waals surface area contributed by atoms with Crippen LogP contribution in [0.2, 0.25) is 0 Å². The summed E-state index contributed by atoms with van der Waals surface area (Å²) in [6.45, 7) is 1.86. The van der Waals surface area contributed by atoms with Crippen LogP contribution in [0.15, 0.2) is 54.9 Å². The topological polar surface area (TPSA) is 120 Å². The lowest BCUT2D eigenvalue weighted by Crippen LogP contribution is -2.30. The van der Waals surface area contributed by atoms with Gasteiger partial charge in [0.05, 0.1) is 22.2 Å². The number of fused-ring (bicyclic) bond motifs is 1. The van der Waals surface area contributed by atoms with Crippen molar-refractivity contribution in [2.75, 3.05) is 10.5 Å². The van der Waals surface area contributed by atoms with Crippen LogP contribution in [0.3, 0.4) is 0 Å². The Morgan fingerprint density at radius 1 is 1.00 bits per heavy atom. The first kappa shape index (κ1) is 23.9. The molecule has 1 aliphatic rings. The predicted molar refractivity (Wildman–Crippen MR) is 138 cm³/mol. The molecular weight excluding hydrogens is 481 g/mol. The summed E-state index contributed by atoms with van der Waals surface area (Å²) < 4.78 is 50.0. The highest BCUT2D eigenvalue weighted by molar-refractivity contribution is 7.93. The van der Waals surface area contributed by atoms with Gasteiger partial charge in [0.1, 0.15) is 11.6 Å². The first-order valence-electron chi connectivity index (χ1n) is 11.8. The third-order valence-electron chi connectivity index (χ3n) is 6.45. The van der Waals surface area contributed by atoms with E-state index in [1.165, 1.54) is 6.07 Å². The van der Waals surface area contributed by atoms with Gasteiger partial charge in [-0.1, -0.05) is 31.4 Å². The van der Waals surface area contributed by atoms with Gasteiger partial charge in [-0.25, -0.2) is 27.8 Å². The van der Waals surface area contributed by atoms with E-state index in [1.807, 2.05) is 6.92 Å². The number of ether oxygens (including phenoxy) is 1. The molecule has 0 spiro atoms. The van der Waals surface area contributed by atoms with E-state index in [-0.39, 0.29) is 17.5 Å². The first-order chi connectivity index (χ1) is 17.3. The van der Waals surface area contributed by atoms with Gasteiger partial charge < -0.3 is 10.5 Å². The molecule has 0 radical (unpaired) electrons. The second-order valence-corrected chi connectivity index (χ2v) is 10.9. The fourth-order valence-electron chi connectivity index (χ4n) is 4.59. The average Bonchev–Trinajstić information content (AvgIpc) is 2.88. The van der Waals surface area contributed by atoms with Crippen LogP contribution >= 0.6 is 0 Å². The van der Waals surface area contributed by atoms with E-state index in [0.29, 0.717) is 40.6 Å². The van der Waals surface area contributed by atoms with Gasteiger partial charge in [-0.15, -0.1) is 0 Å². The molecular formula is C26H26FN5O3S. The van der Waals surface area contributed by atoms with Gasteiger partial charge in [-0.2, -0.15) is 0 Å². The molecule has 1 fully saturated rings. The molecule has 0 amide bonds. The smallest absolute Gasteiger partial charge is 0.235 e. The zero-order valence-electron chi connectivity index (χ0n) is 19.7. The summed E-state index contributed by atoms with van der Waals surface area (Å²) in [5.74, 6) is 0.188. The van der Waals surface area contributed by atoms with Crippen LogP contribution in [0, 0.1) is 12.7 Å². The number of aromatic nitrogens is 3. The third kappa shape index (κ3) is 4.68. The fourth-order valence-corrected chi connectivity index (χ4v) is 6.20. The van der Waals surface area contributed by atoms with Gasteiger partial charge in [0, 0.05) is 23.2 Å². The van der Waals surface area contributed by atoms with Gasteiger partial charge in [0.15, 0.2) is 0 Å². The van der Waals surface area contributed by atoms with Crippen molar-refractivity contribution in [1.29, 1.82) is 0 Å². The number of hydrogen-bond donors (Lipinski definition) is 2. The van der Waals surface area contributed by atoms with Crippen molar-refractivity contribution in [1.82, 2.24) is 15.0 Å². The summed E-state index contributed by atoms with van der Waals surface area (Å²) >= 11 is 0. The zero-order valence-corrected chi connectivity index (χ0v) is 20.6. The Morgan fingerprint density at radius 3 is 2.56 bits per heavy atom. The molecule has 0 atom stereocenters. The van der Waals surface area contributed by atoms with Crippen LogP contribution in [0.4, 0.5) is 16.0 Å². The molecule has 0 unspecified atom stereocenters. The number of nitrogens with two attached hydrogens (primary N) is 1. The van der Waals surface area contributed by atoms with E-state index in [0.717, 1.165) is 24.8 Å². The Balaban J connectivity index is 1.57. The summed E-state index contributed by atoms with van der Waals surface area (Å²) in [5.41, 5.74) is 7.59. The second kappa shape index (κ2) is 9.69. The minimum atomic E-state index is -3.75. The number of pyridine rings is 1. The molecule has 2 aromatic heterocycles. The SMILES string of the molecule is Cc1ccc2c(NS(=O)(=O)C3CCCCC3)c(F)ccc2c1Oc1ncccc1-c1ccnc(N)n1. The quantitative estimate of drug-likeness (QED) is 0.349. The number of rotatable bonds is 6. The van der Waals surface area contributed by atoms with Crippen molar-refractivity contribution >= 4 is 32.4 Å². The molecule has 1 saturated carbocycles. The number of nitrogens with one attached hydrogen (secondary N) is 1. The van der Waals surface area contributed by atoms with Crippen molar-refractivity contribution < 1.29 is 17.5 Å². The van der Waals surface area contributed by atoms with E-state index in [9.17, 15) is 12.8 Å². The number of nitrogens with zero attached hydrogens (tertiary/aromatic N) is 3. The van der Waals surface area contributed by atoms with Crippen LogP contribution in [-0.2, 0) is 10.0 Å². The summed E-state index contributed by atoms with van der Waals surface area (Å²) in [7, 11) is -3.75. The van der Waals surface area contributed by atoms with E-state index < -0.39 is 21.1 Å². The lowest BCUT2D eigenvalue weighted by atomic mass is 10.0. The standard InChI is InChI=1S/C26H26FN5O3S/c1-16-9-10-18-19(11-12-21(27)23(18)32-36(33,34)17-6-3-2-4-7-17)24(16)35-25-20(8-5-14-29-25)22-13-15-30-26(28)31-22/h5,8-15,17,32H,2-4,6-7H2,1H3,(H2,28,30,31). The maximum atomic E-state index is 15.0. The highest BCUT2D eigenvalue weighted by Gasteiger charge is 2.29. The van der Waals surface area contributed by atoms with Crippen LogP contribution in [0.25, 0.3) is 22.0 Å². The third-order valence-corrected chi connectivity index (χ3v) is 8.29. The molecule has 10 heteroatoms. The summed E-state index contributed by atoms with van der Waals surface area (Å²) in [4.78, 5) is 12.6. The summed E-state index contributed by atoms with van der Waals surface area (Å²) in [5, 5.41) is 0.425. The number of halogens is 1. The lowest BCUT2D eigenvalue weighted by Gasteiger charge is -2.23. The van der Waals surface area contributed by atoms with Crippen molar-refractivity contribution in [3.05, 3.63) is 66.2 Å². The second-order valence-electron chi connectivity index (χ2n) is 8.89. The molecule has 4 aromatic rings. The number of benzene rings is 2. The van der Waals surface area contributed by atoms with E-state index in [1.54, 1.807) is 48.8 Å². The van der Waals surface area contributed by atoms with E-state index in [2.05, 4.69) is 19.7 Å². The van der Waals surface area contributed by atoms with Crippen molar-refractivity contribution in [3.8, 4) is 22.9 Å². The van der Waals surface area contributed by atoms with Crippen LogP contribution < -0.4 is 15.2 Å². The average molecular weight is 508 g/mol. The van der Waals surface area contributed by atoms with Crippen LogP contribution in [-0.4, -0.2) is 28.6 Å². The Kier molecular flexibility index (Phi) is 6.44. The van der Waals surface area contributed by atoms with Gasteiger partial charge in [0.2, 0.25) is 21.9 Å². The van der Waals surface area contributed by atoms with Crippen LogP contribution in [0.5, 0.6) is 11.6 Å². The molecule has 0 bridgehead atoms. The fraction of sp³-hybridized carbons (Fsp3) is 0.269. The number of nitrogen functional groups attached to an aromatic ring is 1. The lowest BCUT2D eigenvalue weighted by molar-refractivity contribution is 0.466. The molecule has 2 aromatic carbocycles. The monoisotopic (exact) mass is 507 g/mol. The Morgan fingerprint density at radius 2 is 1.78 bits per heavy atom. The van der Waals surface area contributed by atoms with Crippen molar-refractivity contribution in [3.63, 3.8) is 0 Å². The molecule has 0 aliphatic heterocycles. The normalized spacial score (nSPS) is 14.6. The molecule has 8 nitrogen and oxygen atoms in total. The predicted octanol–water partition coefficient (Wildman–Crippen LogP) is 5.59. The van der Waals surface area contributed by atoms with Gasteiger partial charge in [-0.3, -0.25) is 4.72 Å². The highest BCUT2D eigenvalue weighted by atomic mass is 32.2. The van der Waals surface area contributed by atoms with E-state index >= 15 is 0 Å². The molecule has 5 rings (SSSR count). The maximum Gasteiger partial charge on any atom is 0.235 e. The summed E-state index contributed by atoms with van der Waals surface area (Å²) in [6, 6.07) is 11.5. The van der Waals surface area contributed by atoms with E-state index in [4.69, 9.17) is 10.5 Å². The number of hydrogen-bond acceptors (Lipinski definition) is 7. The first-order valence-corrected chi connectivity index (χ1v) is 13.3. The molecule has 36 heavy (non-hydrogen) atoms. The van der Waals surface area contributed by atoms with Gasteiger partial charge in [-0.05, 0) is 55.7 Å². The number of anilines is 2. The number of aryl methyl sites for hydroxylation is 1. The zero-order chi connectivity index (χ0) is 25.3. The number of sulfonamides is 1. The van der Waals surface area contributed by atoms with Crippen molar-refractivity contribution in [2.45, 2.75) is 44.3 Å². The maximum absolute atomic E-state index is 15.0. The largest absolute Gasteiger partial charge is 0.437 e.